The highest BCUT2D eigenvalue weighted by atomic mass is 16.5. The molecule has 2 aliphatic rings. The molecule has 7 heteroatoms. The second-order valence-electron chi connectivity index (χ2n) is 8.43. The second kappa shape index (κ2) is 9.42. The van der Waals surface area contributed by atoms with Crippen molar-refractivity contribution < 1.29 is 19.1 Å². The molecular formula is C25H29N3O4. The summed E-state index contributed by atoms with van der Waals surface area (Å²) in [6.07, 6.45) is 1.33. The van der Waals surface area contributed by atoms with Crippen LogP contribution in [-0.2, 0) is 16.1 Å². The van der Waals surface area contributed by atoms with Gasteiger partial charge in [-0.2, -0.15) is 0 Å². The summed E-state index contributed by atoms with van der Waals surface area (Å²) in [6, 6.07) is 15.2. The van der Waals surface area contributed by atoms with Gasteiger partial charge in [0.1, 0.15) is 5.75 Å². The first-order valence-corrected chi connectivity index (χ1v) is 11.1. The number of ether oxygens (including phenoxy) is 1. The van der Waals surface area contributed by atoms with Crippen molar-refractivity contribution in [3.63, 3.8) is 0 Å². The van der Waals surface area contributed by atoms with Crippen molar-refractivity contribution in [3.8, 4) is 5.75 Å². The van der Waals surface area contributed by atoms with Crippen molar-refractivity contribution in [1.29, 1.82) is 0 Å². The first kappa shape index (κ1) is 21.9. The maximum Gasteiger partial charge on any atom is 0.312 e. The molecule has 32 heavy (non-hydrogen) atoms. The minimum absolute atomic E-state index is 0.0188. The summed E-state index contributed by atoms with van der Waals surface area (Å²) >= 11 is 0. The lowest BCUT2D eigenvalue weighted by Gasteiger charge is -2.42. The molecule has 2 saturated heterocycles. The molecule has 0 saturated carbocycles. The Hall–Kier alpha value is -3.35. The highest BCUT2D eigenvalue weighted by Crippen LogP contribution is 2.24. The summed E-state index contributed by atoms with van der Waals surface area (Å²) in [5.41, 5.74) is 2.73. The van der Waals surface area contributed by atoms with Crippen LogP contribution in [-0.4, -0.2) is 71.8 Å². The van der Waals surface area contributed by atoms with Crippen LogP contribution in [0.1, 0.15) is 34.3 Å². The van der Waals surface area contributed by atoms with Gasteiger partial charge in [-0.25, -0.2) is 0 Å². The van der Waals surface area contributed by atoms with Crippen molar-refractivity contribution in [2.24, 2.45) is 0 Å². The van der Waals surface area contributed by atoms with Gasteiger partial charge in [-0.3, -0.25) is 14.4 Å². The van der Waals surface area contributed by atoms with Gasteiger partial charge in [0.15, 0.2) is 0 Å². The molecule has 2 fully saturated rings. The third-order valence-electron chi connectivity index (χ3n) is 6.37. The van der Waals surface area contributed by atoms with E-state index < -0.39 is 11.8 Å². The van der Waals surface area contributed by atoms with Gasteiger partial charge in [0.25, 0.3) is 5.91 Å². The van der Waals surface area contributed by atoms with E-state index in [1.807, 2.05) is 43.3 Å². The topological polar surface area (TPSA) is 70.2 Å². The van der Waals surface area contributed by atoms with Gasteiger partial charge in [0.2, 0.25) is 0 Å². The Morgan fingerprint density at radius 1 is 0.938 bits per heavy atom. The fourth-order valence-electron chi connectivity index (χ4n) is 4.48. The first-order valence-electron chi connectivity index (χ1n) is 11.1. The number of likely N-dealkylation sites (tertiary alicyclic amines) is 1. The fraction of sp³-hybridized carbons (Fsp3) is 0.400. The van der Waals surface area contributed by atoms with Crippen LogP contribution < -0.4 is 4.74 Å². The fourth-order valence-corrected chi connectivity index (χ4v) is 4.48. The van der Waals surface area contributed by atoms with Gasteiger partial charge in [-0.1, -0.05) is 42.0 Å². The average Bonchev–Trinajstić information content (AvgIpc) is 2.83. The average molecular weight is 436 g/mol. The van der Waals surface area contributed by atoms with Crippen LogP contribution in [0.5, 0.6) is 5.75 Å². The maximum atomic E-state index is 12.9. The third kappa shape index (κ3) is 4.47. The number of nitrogens with zero attached hydrogens (tertiary/aromatic N) is 3. The summed E-state index contributed by atoms with van der Waals surface area (Å²) in [4.78, 5) is 43.6. The number of rotatable bonds is 5. The van der Waals surface area contributed by atoms with Gasteiger partial charge < -0.3 is 19.4 Å². The second-order valence-corrected chi connectivity index (χ2v) is 8.43. The zero-order valence-corrected chi connectivity index (χ0v) is 18.6. The lowest BCUT2D eigenvalue weighted by atomic mass is 10.0. The van der Waals surface area contributed by atoms with Crippen molar-refractivity contribution >= 4 is 17.7 Å². The Kier molecular flexibility index (Phi) is 6.44. The van der Waals surface area contributed by atoms with E-state index >= 15 is 0 Å². The first-order chi connectivity index (χ1) is 15.5. The molecule has 2 aliphatic heterocycles. The molecule has 4 rings (SSSR count). The minimum Gasteiger partial charge on any atom is -0.496 e. The van der Waals surface area contributed by atoms with Crippen LogP contribution in [0.15, 0.2) is 48.5 Å². The number of piperazine rings is 1. The zero-order valence-electron chi connectivity index (χ0n) is 18.6. The maximum absolute atomic E-state index is 12.9. The number of hydrogen-bond acceptors (Lipinski definition) is 4. The number of benzene rings is 2. The van der Waals surface area contributed by atoms with E-state index in [-0.39, 0.29) is 11.9 Å². The molecule has 7 nitrogen and oxygen atoms in total. The number of carbonyl (C=O) groups is 3. The quantitative estimate of drug-likeness (QED) is 0.677. The Labute approximate surface area is 188 Å². The number of carbonyl (C=O) groups excluding carboxylic acids is 3. The van der Waals surface area contributed by atoms with Crippen molar-refractivity contribution in [2.75, 3.05) is 33.3 Å². The predicted molar refractivity (Wildman–Crippen MR) is 120 cm³/mol. The Balaban J connectivity index is 1.34. The predicted octanol–water partition coefficient (Wildman–Crippen LogP) is 2.48. The summed E-state index contributed by atoms with van der Waals surface area (Å²) in [5.74, 6) is -0.376. The highest BCUT2D eigenvalue weighted by molar-refractivity contribution is 6.35. The zero-order chi connectivity index (χ0) is 22.7. The molecule has 0 radical (unpaired) electrons. The number of piperidine rings is 1. The van der Waals surface area contributed by atoms with E-state index in [0.29, 0.717) is 56.9 Å². The minimum atomic E-state index is -0.440. The van der Waals surface area contributed by atoms with E-state index in [0.717, 1.165) is 11.1 Å². The molecule has 168 valence electrons. The molecule has 0 spiro atoms. The number of amides is 3. The van der Waals surface area contributed by atoms with Crippen molar-refractivity contribution in [2.45, 2.75) is 32.4 Å². The van der Waals surface area contributed by atoms with E-state index in [1.165, 1.54) is 0 Å². The van der Waals surface area contributed by atoms with Crippen molar-refractivity contribution in [3.05, 3.63) is 65.2 Å². The molecule has 0 unspecified atom stereocenters. The van der Waals surface area contributed by atoms with Crippen LogP contribution in [0.25, 0.3) is 0 Å². The molecule has 2 aromatic carbocycles. The lowest BCUT2D eigenvalue weighted by Crippen LogP contribution is -2.59. The van der Waals surface area contributed by atoms with E-state index in [2.05, 4.69) is 0 Å². The Bertz CT molecular complexity index is 997. The van der Waals surface area contributed by atoms with Crippen LogP contribution in [0.3, 0.4) is 0 Å². The third-order valence-corrected chi connectivity index (χ3v) is 6.37. The van der Waals surface area contributed by atoms with Crippen LogP contribution in [0, 0.1) is 6.92 Å². The van der Waals surface area contributed by atoms with Gasteiger partial charge in [0.05, 0.1) is 12.7 Å². The largest absolute Gasteiger partial charge is 0.496 e. The number of para-hydroxylation sites is 1. The van der Waals surface area contributed by atoms with E-state index in [4.69, 9.17) is 4.74 Å². The van der Waals surface area contributed by atoms with Crippen LogP contribution in [0.4, 0.5) is 0 Å². The van der Waals surface area contributed by atoms with Gasteiger partial charge in [0, 0.05) is 38.8 Å². The van der Waals surface area contributed by atoms with Crippen LogP contribution >= 0.6 is 0 Å². The summed E-state index contributed by atoms with van der Waals surface area (Å²) < 4.78 is 5.32. The molecule has 0 bridgehead atoms. The molecule has 0 atom stereocenters. The Morgan fingerprint density at radius 2 is 1.62 bits per heavy atom. The van der Waals surface area contributed by atoms with E-state index in [9.17, 15) is 14.4 Å². The molecule has 3 amide bonds. The highest BCUT2D eigenvalue weighted by Gasteiger charge is 2.38. The normalized spacial score (nSPS) is 17.6. The molecule has 0 aliphatic carbocycles. The number of methoxy groups -OCH3 is 1. The number of aryl methyl sites for hydroxylation is 1. The van der Waals surface area contributed by atoms with Crippen molar-refractivity contribution in [1.82, 2.24) is 14.7 Å². The molecule has 0 aromatic heterocycles. The lowest BCUT2D eigenvalue weighted by molar-refractivity contribution is -0.158. The molecule has 0 N–H and O–H groups in total. The van der Waals surface area contributed by atoms with Gasteiger partial charge in [-0.15, -0.1) is 0 Å². The van der Waals surface area contributed by atoms with Gasteiger partial charge in [-0.05, 0) is 37.5 Å². The van der Waals surface area contributed by atoms with Crippen LogP contribution in [0.2, 0.25) is 0 Å². The Morgan fingerprint density at radius 3 is 2.31 bits per heavy atom. The number of hydrogen-bond donors (Lipinski definition) is 0. The van der Waals surface area contributed by atoms with Gasteiger partial charge >= 0.3 is 11.8 Å². The van der Waals surface area contributed by atoms with E-state index in [1.54, 1.807) is 33.9 Å². The SMILES string of the molecule is COc1ccccc1C(=O)N1CCC(N2CCN(Cc3ccc(C)cc3)C(=O)C2=O)CC1. The molecule has 2 heterocycles. The summed E-state index contributed by atoms with van der Waals surface area (Å²) in [5, 5.41) is 0. The summed E-state index contributed by atoms with van der Waals surface area (Å²) in [6.45, 7) is 4.62. The smallest absolute Gasteiger partial charge is 0.312 e. The standard InChI is InChI=1S/C25H29N3O4/c1-18-7-9-19(10-8-18)17-27-15-16-28(25(31)24(27)30)20-11-13-26(14-12-20)23(29)21-5-3-4-6-22(21)32-2/h3-10,20H,11-17H2,1-2H3. The molecular weight excluding hydrogens is 406 g/mol. The molecule has 2 aromatic rings. The summed E-state index contributed by atoms with van der Waals surface area (Å²) in [7, 11) is 1.56. The monoisotopic (exact) mass is 435 g/mol.